The molecule has 0 saturated carbocycles. The smallest absolute Gasteiger partial charge is 0.306 e. The first kappa shape index (κ1) is 8.33. The molecule has 4 heteroatoms. The van der Waals surface area contributed by atoms with Gasteiger partial charge in [-0.15, -0.1) is 0 Å². The molecular formula is C5H7F2O2. The van der Waals surface area contributed by atoms with Gasteiger partial charge in [-0.2, -0.15) is 0 Å². The van der Waals surface area contributed by atoms with Crippen LogP contribution in [0.1, 0.15) is 0 Å². The molecule has 2 nitrogen and oxygen atoms in total. The maximum Gasteiger partial charge on any atom is 0.306 e. The van der Waals surface area contributed by atoms with Crippen molar-refractivity contribution in [3.8, 4) is 0 Å². The van der Waals surface area contributed by atoms with Gasteiger partial charge in [0.25, 0.3) is 0 Å². The van der Waals surface area contributed by atoms with Crippen LogP contribution in [0.4, 0.5) is 8.78 Å². The standard InChI is InChI=1S/C5H7F2O2/c1-4(8)9-5(2-6)3-7/h5H,1-3H2. The molecular weight excluding hydrogens is 130 g/mol. The SMILES string of the molecule is [CH2]C(=O)OC(CF)CF. The molecule has 53 valence electrons. The van der Waals surface area contributed by atoms with Gasteiger partial charge in [0, 0.05) is 0 Å². The van der Waals surface area contributed by atoms with Crippen LogP contribution in [0.25, 0.3) is 0 Å². The molecule has 0 aliphatic heterocycles. The third-order valence-corrected chi connectivity index (χ3v) is 0.642. The maximum atomic E-state index is 11.5. The van der Waals surface area contributed by atoms with Crippen molar-refractivity contribution in [2.75, 3.05) is 13.3 Å². The zero-order valence-electron chi connectivity index (χ0n) is 4.77. The lowest BCUT2D eigenvalue weighted by Gasteiger charge is -2.06. The van der Waals surface area contributed by atoms with Gasteiger partial charge >= 0.3 is 5.97 Å². The third-order valence-electron chi connectivity index (χ3n) is 0.642. The van der Waals surface area contributed by atoms with Crippen molar-refractivity contribution in [1.82, 2.24) is 0 Å². The van der Waals surface area contributed by atoms with Gasteiger partial charge in [0.05, 0.1) is 6.92 Å². The van der Waals surface area contributed by atoms with Crippen LogP contribution >= 0.6 is 0 Å². The number of hydrogen-bond acceptors (Lipinski definition) is 2. The number of rotatable bonds is 3. The van der Waals surface area contributed by atoms with Crippen LogP contribution in [0.5, 0.6) is 0 Å². The molecule has 1 radical (unpaired) electrons. The van der Waals surface area contributed by atoms with E-state index in [1.54, 1.807) is 0 Å². The minimum Gasteiger partial charge on any atom is -0.457 e. The quantitative estimate of drug-likeness (QED) is 0.534. The van der Waals surface area contributed by atoms with Crippen LogP contribution < -0.4 is 0 Å². The van der Waals surface area contributed by atoms with E-state index in [9.17, 15) is 13.6 Å². The van der Waals surface area contributed by atoms with Crippen molar-refractivity contribution in [3.05, 3.63) is 6.92 Å². The topological polar surface area (TPSA) is 26.3 Å². The molecule has 0 aromatic carbocycles. The van der Waals surface area contributed by atoms with E-state index in [1.165, 1.54) is 0 Å². The molecule has 0 unspecified atom stereocenters. The summed E-state index contributed by atoms with van der Waals surface area (Å²) in [6, 6.07) is 0. The van der Waals surface area contributed by atoms with Gasteiger partial charge in [0.2, 0.25) is 0 Å². The van der Waals surface area contributed by atoms with Crippen molar-refractivity contribution in [3.63, 3.8) is 0 Å². The van der Waals surface area contributed by atoms with Crippen LogP contribution in [0.3, 0.4) is 0 Å². The number of halogens is 2. The second-order valence-corrected chi connectivity index (χ2v) is 1.42. The van der Waals surface area contributed by atoms with E-state index < -0.39 is 25.4 Å². The molecule has 0 aliphatic rings. The fraction of sp³-hybridized carbons (Fsp3) is 0.600. The first-order valence-electron chi connectivity index (χ1n) is 2.35. The number of ether oxygens (including phenoxy) is 1. The van der Waals surface area contributed by atoms with Gasteiger partial charge in [-0.25, -0.2) is 8.78 Å². The van der Waals surface area contributed by atoms with E-state index in [0.29, 0.717) is 0 Å². The summed E-state index contributed by atoms with van der Waals surface area (Å²) in [5, 5.41) is 0. The van der Waals surface area contributed by atoms with E-state index in [1.807, 2.05) is 0 Å². The Bertz CT molecular complexity index is 91.0. The number of carbonyl (C=O) groups excluding carboxylic acids is 1. The van der Waals surface area contributed by atoms with E-state index in [-0.39, 0.29) is 0 Å². The molecule has 0 saturated heterocycles. The summed E-state index contributed by atoms with van der Waals surface area (Å²) in [7, 11) is 0. The summed E-state index contributed by atoms with van der Waals surface area (Å²) in [5.41, 5.74) is 0. The lowest BCUT2D eigenvalue weighted by molar-refractivity contribution is -0.144. The number of alkyl halides is 2. The Morgan fingerprint density at radius 2 is 2.00 bits per heavy atom. The molecule has 0 rings (SSSR count). The average molecular weight is 137 g/mol. The van der Waals surface area contributed by atoms with Gasteiger partial charge in [0.15, 0.2) is 6.10 Å². The Morgan fingerprint density at radius 3 is 2.11 bits per heavy atom. The van der Waals surface area contributed by atoms with Crippen molar-refractivity contribution in [2.45, 2.75) is 6.10 Å². The zero-order chi connectivity index (χ0) is 7.28. The third kappa shape index (κ3) is 3.88. The molecule has 9 heavy (non-hydrogen) atoms. The summed E-state index contributed by atoms with van der Waals surface area (Å²) in [4.78, 5) is 9.91. The number of hydrogen-bond donors (Lipinski definition) is 0. The van der Waals surface area contributed by atoms with E-state index in [0.717, 1.165) is 0 Å². The fourth-order valence-corrected chi connectivity index (χ4v) is 0.290. The fourth-order valence-electron chi connectivity index (χ4n) is 0.290. The maximum absolute atomic E-state index is 11.5. The summed E-state index contributed by atoms with van der Waals surface area (Å²) in [5.74, 6) is -0.907. The monoisotopic (exact) mass is 137 g/mol. The summed E-state index contributed by atoms with van der Waals surface area (Å²) in [6.45, 7) is 0.775. The highest BCUT2D eigenvalue weighted by Crippen LogP contribution is 1.93. The average Bonchev–Trinajstić information content (AvgIpc) is 1.82. The summed E-state index contributed by atoms with van der Waals surface area (Å²) in [6.07, 6.45) is -1.27. The van der Waals surface area contributed by atoms with Gasteiger partial charge in [-0.3, -0.25) is 4.79 Å². The van der Waals surface area contributed by atoms with Crippen molar-refractivity contribution in [2.24, 2.45) is 0 Å². The second kappa shape index (κ2) is 4.23. The first-order valence-corrected chi connectivity index (χ1v) is 2.35. The molecule has 0 fully saturated rings. The molecule has 0 aromatic rings. The molecule has 0 bridgehead atoms. The predicted octanol–water partition coefficient (Wildman–Crippen LogP) is 0.671. The lowest BCUT2D eigenvalue weighted by atomic mass is 10.4. The van der Waals surface area contributed by atoms with Crippen molar-refractivity contribution >= 4 is 5.97 Å². The zero-order valence-corrected chi connectivity index (χ0v) is 4.77. The van der Waals surface area contributed by atoms with Crippen molar-refractivity contribution in [1.29, 1.82) is 0 Å². The Labute approximate surface area is 51.8 Å². The largest absolute Gasteiger partial charge is 0.457 e. The van der Waals surface area contributed by atoms with Crippen LogP contribution in [-0.4, -0.2) is 25.4 Å². The van der Waals surface area contributed by atoms with Crippen LogP contribution in [0.15, 0.2) is 0 Å². The molecule has 0 atom stereocenters. The Hall–Kier alpha value is -0.670. The van der Waals surface area contributed by atoms with Gasteiger partial charge in [-0.1, -0.05) is 0 Å². The van der Waals surface area contributed by atoms with Gasteiger partial charge < -0.3 is 4.74 Å². The van der Waals surface area contributed by atoms with Crippen LogP contribution in [0, 0.1) is 6.92 Å². The van der Waals surface area contributed by atoms with E-state index >= 15 is 0 Å². The minimum absolute atomic E-state index is 0.907. The first-order chi connectivity index (χ1) is 4.20. The highest BCUT2D eigenvalue weighted by atomic mass is 19.1. The van der Waals surface area contributed by atoms with E-state index in [4.69, 9.17) is 0 Å². The van der Waals surface area contributed by atoms with Crippen molar-refractivity contribution < 1.29 is 18.3 Å². The summed E-state index contributed by atoms with van der Waals surface area (Å²) >= 11 is 0. The number of carbonyl (C=O) groups is 1. The summed E-state index contributed by atoms with van der Waals surface area (Å²) < 4.78 is 27.0. The Balaban J connectivity index is 3.43. The Morgan fingerprint density at radius 1 is 1.56 bits per heavy atom. The minimum atomic E-state index is -1.27. The molecule has 0 amide bonds. The highest BCUT2D eigenvalue weighted by molar-refractivity contribution is 5.73. The van der Waals surface area contributed by atoms with E-state index in [2.05, 4.69) is 11.7 Å². The normalized spacial score (nSPS) is 9.78. The molecule has 0 heterocycles. The molecule has 0 aromatic heterocycles. The Kier molecular flexibility index (Phi) is 3.92. The van der Waals surface area contributed by atoms with Gasteiger partial charge in [0.1, 0.15) is 13.3 Å². The van der Waals surface area contributed by atoms with Gasteiger partial charge in [-0.05, 0) is 0 Å². The molecule has 0 aliphatic carbocycles. The second-order valence-electron chi connectivity index (χ2n) is 1.42. The highest BCUT2D eigenvalue weighted by Gasteiger charge is 2.09. The van der Waals surface area contributed by atoms with Crippen LogP contribution in [0.2, 0.25) is 0 Å². The molecule has 0 spiro atoms. The van der Waals surface area contributed by atoms with Crippen LogP contribution in [-0.2, 0) is 9.53 Å². The predicted molar refractivity (Wildman–Crippen MR) is 27.2 cm³/mol. The molecule has 0 N–H and O–H groups in total. The number of esters is 1. The lowest BCUT2D eigenvalue weighted by Crippen LogP contribution is -2.20.